The Hall–Kier alpha value is -2.10. The molecule has 0 atom stereocenters. The van der Waals surface area contributed by atoms with E-state index >= 15 is 0 Å². The van der Waals surface area contributed by atoms with Crippen molar-refractivity contribution in [3.63, 3.8) is 0 Å². The minimum Gasteiger partial charge on any atom is -0.741 e. The monoisotopic (exact) mass is 457 g/mol. The molecule has 0 fully saturated rings. The lowest BCUT2D eigenvalue weighted by atomic mass is 10.0. The van der Waals surface area contributed by atoms with Gasteiger partial charge < -0.3 is 9.12 Å². The van der Waals surface area contributed by atoms with E-state index in [2.05, 4.69) is 0 Å². The molecule has 0 unspecified atom stereocenters. The Labute approximate surface area is 163 Å². The van der Waals surface area contributed by atoms with E-state index in [0.29, 0.717) is 5.56 Å². The Morgan fingerprint density at radius 2 is 1.55 bits per heavy atom. The number of para-hydroxylation sites is 1. The van der Waals surface area contributed by atoms with Crippen molar-refractivity contribution in [2.24, 2.45) is 7.05 Å². The van der Waals surface area contributed by atoms with E-state index in [1.54, 1.807) is 12.3 Å². The van der Waals surface area contributed by atoms with Crippen molar-refractivity contribution in [3.8, 4) is 11.1 Å². The SMILES string of the molecule is Cc1ccc([P+](F)(F)F)c(-c2cn(C)c3ccccc23)c1.O=S(=O)([O-])C(F)(F)F. The second-order valence-corrected chi connectivity index (χ2v) is 8.78. The molecule has 1 aromatic heterocycles. The lowest BCUT2D eigenvalue weighted by Gasteiger charge is -2.08. The van der Waals surface area contributed by atoms with E-state index in [4.69, 9.17) is 13.0 Å². The van der Waals surface area contributed by atoms with Crippen LogP contribution in [0.15, 0.2) is 48.7 Å². The Bertz CT molecular complexity index is 1140. The fourth-order valence-corrected chi connectivity index (χ4v) is 3.34. The summed E-state index contributed by atoms with van der Waals surface area (Å²) in [5.74, 6) is 0. The van der Waals surface area contributed by atoms with E-state index in [9.17, 15) is 25.8 Å². The molecule has 158 valence electrons. The van der Waals surface area contributed by atoms with Gasteiger partial charge >= 0.3 is 13.7 Å². The van der Waals surface area contributed by atoms with Gasteiger partial charge in [-0.15, -0.1) is 0 Å². The first kappa shape index (κ1) is 23.2. The lowest BCUT2D eigenvalue weighted by Crippen LogP contribution is -2.21. The number of aromatic nitrogens is 1. The zero-order valence-electron chi connectivity index (χ0n) is 14.9. The second-order valence-electron chi connectivity index (χ2n) is 6.04. The highest BCUT2D eigenvalue weighted by molar-refractivity contribution is 7.86. The largest absolute Gasteiger partial charge is 0.741 e. The predicted octanol–water partition coefficient (Wildman–Crippen LogP) is 5.50. The summed E-state index contributed by atoms with van der Waals surface area (Å²) in [6.45, 7) is 1.81. The molecule has 0 aliphatic heterocycles. The fraction of sp³-hybridized carbons (Fsp3) is 0.176. The highest BCUT2D eigenvalue weighted by Gasteiger charge is 2.49. The maximum atomic E-state index is 13.4. The summed E-state index contributed by atoms with van der Waals surface area (Å²) in [6, 6.07) is 11.9. The number of hydrogen-bond donors (Lipinski definition) is 0. The third-order valence-electron chi connectivity index (χ3n) is 3.90. The van der Waals surface area contributed by atoms with E-state index in [1.165, 1.54) is 12.1 Å². The molecule has 4 nitrogen and oxygen atoms in total. The highest BCUT2D eigenvalue weighted by Crippen LogP contribution is 2.64. The van der Waals surface area contributed by atoms with Gasteiger partial charge in [0.25, 0.3) is 0 Å². The summed E-state index contributed by atoms with van der Waals surface area (Å²) in [7, 11) is -9.81. The molecule has 0 aliphatic carbocycles. The van der Waals surface area contributed by atoms with Gasteiger partial charge in [-0.3, -0.25) is 0 Å². The number of rotatable bonds is 2. The molecule has 12 heteroatoms. The van der Waals surface area contributed by atoms with Gasteiger partial charge in [0.05, 0.1) is 0 Å². The second kappa shape index (κ2) is 7.97. The topological polar surface area (TPSA) is 62.1 Å². The lowest BCUT2D eigenvalue weighted by molar-refractivity contribution is -0.0517. The summed E-state index contributed by atoms with van der Waals surface area (Å²) in [4.78, 5) is 0. The molecule has 3 rings (SSSR count). The molecule has 0 radical (unpaired) electrons. The third-order valence-corrected chi connectivity index (χ3v) is 5.40. The average Bonchev–Trinajstić information content (AvgIpc) is 2.90. The number of nitrogens with zero attached hydrogens (tertiary/aromatic N) is 1. The van der Waals surface area contributed by atoms with Crippen LogP contribution in [0, 0.1) is 6.92 Å². The zero-order chi connectivity index (χ0) is 22.2. The number of aryl methyl sites for hydroxylation is 2. The van der Waals surface area contributed by atoms with E-state index in [0.717, 1.165) is 16.5 Å². The maximum absolute atomic E-state index is 13.4. The minimum absolute atomic E-state index is 0.285. The van der Waals surface area contributed by atoms with Crippen LogP contribution in [0.4, 0.5) is 25.8 Å². The predicted molar refractivity (Wildman–Crippen MR) is 98.7 cm³/mol. The van der Waals surface area contributed by atoms with Gasteiger partial charge in [-0.05, 0) is 25.1 Å². The number of benzene rings is 2. The molecule has 2 aromatic carbocycles. The first-order valence-corrected chi connectivity index (χ1v) is 10.7. The summed E-state index contributed by atoms with van der Waals surface area (Å²) in [5.41, 5.74) is -2.96. The molecule has 0 bridgehead atoms. The molecule has 0 N–H and O–H groups in total. The van der Waals surface area contributed by atoms with Crippen LogP contribution in [-0.2, 0) is 17.2 Å². The first-order valence-electron chi connectivity index (χ1n) is 7.78. The molecular weight excluding hydrogens is 443 g/mol. The smallest absolute Gasteiger partial charge is 0.602 e. The van der Waals surface area contributed by atoms with Crippen molar-refractivity contribution in [2.75, 3.05) is 0 Å². The molecule has 1 heterocycles. The van der Waals surface area contributed by atoms with E-state index < -0.39 is 29.1 Å². The Kier molecular flexibility index (Phi) is 6.37. The van der Waals surface area contributed by atoms with Crippen molar-refractivity contribution >= 4 is 34.5 Å². The standard InChI is InChI=1S/C16H14F3NP.CHF3O3S/c1-11-7-8-16(21(17,18)19)13(9-11)14-10-20(2)15-6-4-3-5-12(14)15;2-1(3,4)8(5,6)7/h3-10H,1-2H3;(H,5,6,7)/q+1;/p-1. The van der Waals surface area contributed by atoms with Gasteiger partial charge in [0, 0.05) is 47.9 Å². The van der Waals surface area contributed by atoms with Crippen molar-refractivity contribution in [1.82, 2.24) is 4.57 Å². The summed E-state index contributed by atoms with van der Waals surface area (Å²) in [6.07, 6.45) is 1.78. The Morgan fingerprint density at radius 1 is 1.00 bits per heavy atom. The minimum atomic E-state index is -6.09. The van der Waals surface area contributed by atoms with Crippen LogP contribution in [0.5, 0.6) is 0 Å². The quantitative estimate of drug-likeness (QED) is 0.221. The van der Waals surface area contributed by atoms with Gasteiger partial charge in [0.15, 0.2) is 10.1 Å². The van der Waals surface area contributed by atoms with E-state index in [-0.39, 0.29) is 5.56 Å². The number of fused-ring (bicyclic) bond motifs is 1. The van der Waals surface area contributed by atoms with Crippen LogP contribution in [-0.4, -0.2) is 23.0 Å². The van der Waals surface area contributed by atoms with Crippen molar-refractivity contribution in [1.29, 1.82) is 0 Å². The van der Waals surface area contributed by atoms with Gasteiger partial charge in [0.2, 0.25) is 5.30 Å². The van der Waals surface area contributed by atoms with E-state index in [1.807, 2.05) is 42.8 Å². The van der Waals surface area contributed by atoms with Gasteiger partial charge in [-0.1, -0.05) is 29.8 Å². The summed E-state index contributed by atoms with van der Waals surface area (Å²) < 4.78 is 101. The zero-order valence-corrected chi connectivity index (χ0v) is 16.6. The van der Waals surface area contributed by atoms with Crippen LogP contribution >= 0.6 is 8.19 Å². The number of hydrogen-bond acceptors (Lipinski definition) is 3. The third kappa shape index (κ3) is 5.29. The van der Waals surface area contributed by atoms with Crippen LogP contribution in [0.25, 0.3) is 22.0 Å². The van der Waals surface area contributed by atoms with Crippen LogP contribution in [0.1, 0.15) is 5.56 Å². The molecule has 0 saturated carbocycles. The van der Waals surface area contributed by atoms with Crippen molar-refractivity contribution in [3.05, 3.63) is 54.2 Å². The normalized spacial score (nSPS) is 12.6. The molecule has 3 aromatic rings. The van der Waals surface area contributed by atoms with Gasteiger partial charge in [-0.2, -0.15) is 13.2 Å². The fourth-order valence-electron chi connectivity index (χ4n) is 2.64. The first-order chi connectivity index (χ1) is 13.1. The molecule has 0 aliphatic rings. The maximum Gasteiger partial charge on any atom is 0.602 e. The summed E-state index contributed by atoms with van der Waals surface area (Å²) in [5, 5.41) is 0.366. The van der Waals surface area contributed by atoms with Gasteiger partial charge in [-0.25, -0.2) is 8.42 Å². The Balaban J connectivity index is 0.000000321. The molecule has 0 saturated heterocycles. The number of halogens is 6. The molecular formula is C17H14F6NO3PS. The molecule has 29 heavy (non-hydrogen) atoms. The van der Waals surface area contributed by atoms with Crippen LogP contribution in [0.2, 0.25) is 0 Å². The number of alkyl halides is 3. The molecule has 0 spiro atoms. The average molecular weight is 457 g/mol. The Morgan fingerprint density at radius 3 is 2.07 bits per heavy atom. The van der Waals surface area contributed by atoms with Gasteiger partial charge in [0.1, 0.15) is 0 Å². The summed E-state index contributed by atoms with van der Waals surface area (Å²) >= 11 is 0. The van der Waals surface area contributed by atoms with Crippen LogP contribution < -0.4 is 5.30 Å². The highest BCUT2D eigenvalue weighted by atomic mass is 32.2. The molecule has 0 amide bonds. The van der Waals surface area contributed by atoms with Crippen LogP contribution in [0.3, 0.4) is 0 Å². The van der Waals surface area contributed by atoms with Crippen molar-refractivity contribution < 1.29 is 38.7 Å². The van der Waals surface area contributed by atoms with Crippen molar-refractivity contribution in [2.45, 2.75) is 12.4 Å².